The van der Waals surface area contributed by atoms with E-state index in [4.69, 9.17) is 0 Å². The number of hydrogen-bond donors (Lipinski definition) is 1. The Balaban J connectivity index is 1.27. The lowest BCUT2D eigenvalue weighted by Gasteiger charge is -2.32. The van der Waals surface area contributed by atoms with Crippen molar-refractivity contribution >= 4 is 28.9 Å². The monoisotopic (exact) mass is 476 g/mol. The highest BCUT2D eigenvalue weighted by Gasteiger charge is 2.50. The molecule has 2 amide bonds. The van der Waals surface area contributed by atoms with E-state index in [9.17, 15) is 19.7 Å². The lowest BCUT2D eigenvalue weighted by molar-refractivity contribution is -0.383. The van der Waals surface area contributed by atoms with Gasteiger partial charge in [0.2, 0.25) is 11.8 Å². The number of nitro groups is 1. The van der Waals surface area contributed by atoms with Gasteiger partial charge in [-0.3, -0.25) is 24.6 Å². The molecular weight excluding hydrogens is 444 g/mol. The molecule has 0 aromatic heterocycles. The Morgan fingerprint density at radius 3 is 2.40 bits per heavy atom. The van der Waals surface area contributed by atoms with Crippen molar-refractivity contribution in [3.8, 4) is 0 Å². The van der Waals surface area contributed by atoms with E-state index in [1.165, 1.54) is 16.5 Å². The third-order valence-electron chi connectivity index (χ3n) is 7.82. The molecule has 0 unspecified atom stereocenters. The van der Waals surface area contributed by atoms with Gasteiger partial charge >= 0.3 is 0 Å². The van der Waals surface area contributed by atoms with Crippen LogP contribution in [-0.2, 0) is 16.1 Å². The van der Waals surface area contributed by atoms with Crippen molar-refractivity contribution in [2.75, 3.05) is 23.3 Å². The predicted octanol–water partition coefficient (Wildman–Crippen LogP) is 4.60. The van der Waals surface area contributed by atoms with Crippen molar-refractivity contribution in [3.05, 3.63) is 64.2 Å². The number of rotatable bonds is 6. The molecule has 0 bridgehead atoms. The fourth-order valence-corrected chi connectivity index (χ4v) is 5.87. The van der Waals surface area contributed by atoms with Crippen LogP contribution in [0.5, 0.6) is 0 Å². The SMILES string of the molecule is C[C@@H]1CC[C@H]2C(=O)N(c3ccc(NC4CCN(Cc5ccccc5)CC4)c([N+](=O)[O-])c3)C(=O)[C@@H]2C1. The summed E-state index contributed by atoms with van der Waals surface area (Å²) >= 11 is 0. The van der Waals surface area contributed by atoms with Crippen LogP contribution in [-0.4, -0.2) is 40.8 Å². The van der Waals surface area contributed by atoms with Gasteiger partial charge in [-0.1, -0.05) is 37.3 Å². The fourth-order valence-electron chi connectivity index (χ4n) is 5.87. The van der Waals surface area contributed by atoms with Gasteiger partial charge in [-0.25, -0.2) is 4.90 Å². The largest absolute Gasteiger partial charge is 0.377 e. The Morgan fingerprint density at radius 1 is 0.971 bits per heavy atom. The second kappa shape index (κ2) is 9.77. The first-order valence-electron chi connectivity index (χ1n) is 12.6. The summed E-state index contributed by atoms with van der Waals surface area (Å²) in [6.45, 7) is 4.84. The molecular formula is C27H32N4O4. The van der Waals surface area contributed by atoms with Gasteiger partial charge in [-0.15, -0.1) is 0 Å². The predicted molar refractivity (Wildman–Crippen MR) is 134 cm³/mol. The van der Waals surface area contributed by atoms with Gasteiger partial charge in [0.1, 0.15) is 5.69 Å². The molecule has 0 spiro atoms. The number of anilines is 2. The van der Waals surface area contributed by atoms with E-state index >= 15 is 0 Å². The Morgan fingerprint density at radius 2 is 1.69 bits per heavy atom. The highest BCUT2D eigenvalue weighted by Crippen LogP contribution is 2.43. The average molecular weight is 477 g/mol. The van der Waals surface area contributed by atoms with Crippen LogP contribution in [0.2, 0.25) is 0 Å². The summed E-state index contributed by atoms with van der Waals surface area (Å²) in [6.07, 6.45) is 4.11. The van der Waals surface area contributed by atoms with Gasteiger partial charge in [-0.05, 0) is 55.7 Å². The highest BCUT2D eigenvalue weighted by atomic mass is 16.6. The molecule has 8 heteroatoms. The molecule has 5 rings (SSSR count). The number of benzene rings is 2. The summed E-state index contributed by atoms with van der Waals surface area (Å²) in [6, 6.07) is 15.2. The molecule has 2 aromatic rings. The van der Waals surface area contributed by atoms with E-state index in [2.05, 4.69) is 29.3 Å². The number of amides is 2. The molecule has 3 aliphatic rings. The molecule has 2 heterocycles. The first kappa shape index (κ1) is 23.5. The number of nitro benzene ring substituents is 1. The van der Waals surface area contributed by atoms with Gasteiger partial charge < -0.3 is 5.32 Å². The van der Waals surface area contributed by atoms with Crippen LogP contribution in [0, 0.1) is 27.9 Å². The van der Waals surface area contributed by atoms with Crippen molar-refractivity contribution in [2.45, 2.75) is 51.6 Å². The van der Waals surface area contributed by atoms with Crippen LogP contribution in [0.1, 0.15) is 44.6 Å². The standard InChI is InChI=1S/C27H32N4O4/c1-18-7-9-22-23(15-18)27(33)30(26(22)32)21-8-10-24(25(16-21)31(34)35)28-20-11-13-29(14-12-20)17-19-5-3-2-4-6-19/h2-6,8,10,16,18,20,22-23,28H,7,9,11-15,17H2,1H3/t18-,22-,23-/m1/s1. The van der Waals surface area contributed by atoms with Gasteiger partial charge in [0.05, 0.1) is 22.4 Å². The molecule has 2 aliphatic heterocycles. The topological polar surface area (TPSA) is 95.8 Å². The van der Waals surface area contributed by atoms with Crippen molar-refractivity contribution in [1.82, 2.24) is 4.90 Å². The third kappa shape index (κ3) is 4.80. The fraction of sp³-hybridized carbons (Fsp3) is 0.481. The summed E-state index contributed by atoms with van der Waals surface area (Å²) in [4.78, 5) is 41.1. The van der Waals surface area contributed by atoms with E-state index in [0.717, 1.165) is 38.9 Å². The number of carbonyl (C=O) groups is 2. The molecule has 35 heavy (non-hydrogen) atoms. The molecule has 3 fully saturated rings. The van der Waals surface area contributed by atoms with E-state index in [1.807, 2.05) is 18.2 Å². The minimum absolute atomic E-state index is 0.0990. The smallest absolute Gasteiger partial charge is 0.294 e. The lowest BCUT2D eigenvalue weighted by atomic mass is 9.76. The van der Waals surface area contributed by atoms with Gasteiger partial charge in [0.25, 0.3) is 5.69 Å². The van der Waals surface area contributed by atoms with Crippen LogP contribution in [0.3, 0.4) is 0 Å². The van der Waals surface area contributed by atoms with E-state index in [0.29, 0.717) is 30.1 Å². The van der Waals surface area contributed by atoms with Crippen LogP contribution in [0.4, 0.5) is 17.1 Å². The van der Waals surface area contributed by atoms with Crippen LogP contribution >= 0.6 is 0 Å². The number of carbonyl (C=O) groups excluding carboxylic acids is 2. The summed E-state index contributed by atoms with van der Waals surface area (Å²) in [5, 5.41) is 15.3. The summed E-state index contributed by atoms with van der Waals surface area (Å²) in [5.74, 6) is -0.617. The van der Waals surface area contributed by atoms with Crippen LogP contribution in [0.25, 0.3) is 0 Å². The van der Waals surface area contributed by atoms with Crippen molar-refractivity contribution in [2.24, 2.45) is 17.8 Å². The maximum Gasteiger partial charge on any atom is 0.294 e. The van der Waals surface area contributed by atoms with E-state index < -0.39 is 4.92 Å². The first-order chi connectivity index (χ1) is 16.9. The molecule has 3 atom stereocenters. The number of fused-ring (bicyclic) bond motifs is 1. The number of piperidine rings is 1. The maximum absolute atomic E-state index is 13.1. The van der Waals surface area contributed by atoms with Gasteiger partial charge in [-0.2, -0.15) is 0 Å². The number of hydrogen-bond acceptors (Lipinski definition) is 6. The first-order valence-corrected chi connectivity index (χ1v) is 12.6. The van der Waals surface area contributed by atoms with Gasteiger partial charge in [0, 0.05) is 31.7 Å². The van der Waals surface area contributed by atoms with Crippen molar-refractivity contribution in [1.29, 1.82) is 0 Å². The molecule has 184 valence electrons. The zero-order valence-corrected chi connectivity index (χ0v) is 20.1. The van der Waals surface area contributed by atoms with E-state index in [-0.39, 0.29) is 35.4 Å². The molecule has 1 N–H and O–H groups in total. The van der Waals surface area contributed by atoms with Crippen molar-refractivity contribution < 1.29 is 14.5 Å². The number of nitrogens with zero attached hydrogens (tertiary/aromatic N) is 3. The number of nitrogens with one attached hydrogen (secondary N) is 1. The zero-order chi connectivity index (χ0) is 24.5. The second-order valence-corrected chi connectivity index (χ2v) is 10.3. The normalized spacial score (nSPS) is 25.5. The quantitative estimate of drug-likeness (QED) is 0.372. The molecule has 2 aromatic carbocycles. The molecule has 8 nitrogen and oxygen atoms in total. The van der Waals surface area contributed by atoms with Gasteiger partial charge in [0.15, 0.2) is 0 Å². The Kier molecular flexibility index (Phi) is 6.56. The van der Waals surface area contributed by atoms with Crippen LogP contribution in [0.15, 0.2) is 48.5 Å². The Hall–Kier alpha value is -3.26. The summed E-state index contributed by atoms with van der Waals surface area (Å²) in [5.41, 5.74) is 1.92. The maximum atomic E-state index is 13.1. The summed E-state index contributed by atoms with van der Waals surface area (Å²) < 4.78 is 0. The average Bonchev–Trinajstić information content (AvgIpc) is 3.10. The number of likely N-dealkylation sites (tertiary alicyclic amines) is 1. The summed E-state index contributed by atoms with van der Waals surface area (Å²) in [7, 11) is 0. The zero-order valence-electron chi connectivity index (χ0n) is 20.1. The molecule has 1 saturated carbocycles. The Labute approximate surface area is 205 Å². The van der Waals surface area contributed by atoms with Crippen molar-refractivity contribution in [3.63, 3.8) is 0 Å². The number of imide groups is 1. The minimum atomic E-state index is -0.434. The van der Waals surface area contributed by atoms with E-state index in [1.54, 1.807) is 12.1 Å². The molecule has 2 saturated heterocycles. The highest BCUT2D eigenvalue weighted by molar-refractivity contribution is 6.22. The third-order valence-corrected chi connectivity index (χ3v) is 7.82. The minimum Gasteiger partial charge on any atom is -0.377 e. The molecule has 1 aliphatic carbocycles. The van der Waals surface area contributed by atoms with Crippen LogP contribution < -0.4 is 10.2 Å². The Bertz CT molecular complexity index is 1110. The lowest BCUT2D eigenvalue weighted by Crippen LogP contribution is -2.38. The molecule has 0 radical (unpaired) electrons. The second-order valence-electron chi connectivity index (χ2n) is 10.3.